The van der Waals surface area contributed by atoms with Gasteiger partial charge in [0.25, 0.3) is 11.8 Å². The van der Waals surface area contributed by atoms with Crippen molar-refractivity contribution in [3.8, 4) is 0 Å². The maximum atomic E-state index is 14.0. The molecule has 0 unspecified atom stereocenters. The molecule has 0 saturated carbocycles. The van der Waals surface area contributed by atoms with E-state index >= 15 is 0 Å². The summed E-state index contributed by atoms with van der Waals surface area (Å²) in [5.41, 5.74) is 5.69. The Balaban J connectivity index is 1.27. The molecule has 0 aliphatic heterocycles. The molecule has 0 saturated heterocycles. The normalized spacial score (nSPS) is 11.1. The zero-order valence-corrected chi connectivity index (χ0v) is 22.9. The van der Waals surface area contributed by atoms with Gasteiger partial charge in [-0.3, -0.25) is 14.6 Å². The van der Waals surface area contributed by atoms with Crippen LogP contribution in [0.5, 0.6) is 0 Å². The number of H-pyrrole nitrogens is 2. The van der Waals surface area contributed by atoms with Crippen LogP contribution in [-0.2, 0) is 6.42 Å². The van der Waals surface area contributed by atoms with E-state index in [2.05, 4.69) is 32.4 Å². The highest BCUT2D eigenvalue weighted by Crippen LogP contribution is 2.27. The molecular formula is C32H27ClN6O2. The number of hydrogen-bond acceptors (Lipinski definition) is 4. The van der Waals surface area contributed by atoms with E-state index in [-0.39, 0.29) is 17.6 Å². The SMILES string of the molecule is O=C(NCCCN(C(=O)c1nc2c(Cc3ccccc3)cc(Cl)cc2[nH]1)c1ccc2[nH]ccc2c1)c1cccnc1. The minimum absolute atomic E-state index is 0.204. The molecule has 0 bridgehead atoms. The van der Waals surface area contributed by atoms with Gasteiger partial charge in [-0.05, 0) is 72.5 Å². The Bertz CT molecular complexity index is 1830. The highest BCUT2D eigenvalue weighted by atomic mass is 35.5. The summed E-state index contributed by atoms with van der Waals surface area (Å²) in [4.78, 5) is 43.3. The Morgan fingerprint density at radius 2 is 1.83 bits per heavy atom. The minimum Gasteiger partial charge on any atom is -0.361 e. The number of hydrogen-bond donors (Lipinski definition) is 3. The molecule has 0 spiro atoms. The first-order chi connectivity index (χ1) is 20.0. The van der Waals surface area contributed by atoms with Gasteiger partial charge in [0.1, 0.15) is 0 Å². The van der Waals surface area contributed by atoms with E-state index in [1.807, 2.05) is 54.7 Å². The first kappa shape index (κ1) is 26.3. The van der Waals surface area contributed by atoms with Crippen LogP contribution in [0, 0.1) is 0 Å². The Kier molecular flexibility index (Phi) is 7.47. The van der Waals surface area contributed by atoms with Gasteiger partial charge in [-0.1, -0.05) is 41.9 Å². The summed E-state index contributed by atoms with van der Waals surface area (Å²) in [6.45, 7) is 0.762. The highest BCUT2D eigenvalue weighted by molar-refractivity contribution is 6.31. The van der Waals surface area contributed by atoms with Gasteiger partial charge in [0, 0.05) is 53.3 Å². The largest absolute Gasteiger partial charge is 0.361 e. The van der Waals surface area contributed by atoms with Gasteiger partial charge in [-0.15, -0.1) is 0 Å². The van der Waals surface area contributed by atoms with E-state index in [4.69, 9.17) is 16.6 Å². The first-order valence-electron chi connectivity index (χ1n) is 13.3. The highest BCUT2D eigenvalue weighted by Gasteiger charge is 2.23. The summed E-state index contributed by atoms with van der Waals surface area (Å²) in [5, 5.41) is 4.47. The molecule has 3 N–H and O–H groups in total. The average molecular weight is 563 g/mol. The second-order valence-corrected chi connectivity index (χ2v) is 10.2. The minimum atomic E-state index is -0.267. The number of nitrogens with zero attached hydrogens (tertiary/aromatic N) is 3. The number of aromatic amines is 2. The molecule has 204 valence electrons. The number of aromatic nitrogens is 4. The van der Waals surface area contributed by atoms with Crippen LogP contribution in [-0.4, -0.2) is 44.8 Å². The van der Waals surface area contributed by atoms with Gasteiger partial charge in [0.2, 0.25) is 0 Å². The molecule has 8 nitrogen and oxygen atoms in total. The fourth-order valence-electron chi connectivity index (χ4n) is 4.92. The van der Waals surface area contributed by atoms with Crippen LogP contribution in [0.15, 0.2) is 97.5 Å². The Morgan fingerprint density at radius 1 is 0.951 bits per heavy atom. The van der Waals surface area contributed by atoms with Gasteiger partial charge < -0.3 is 20.2 Å². The van der Waals surface area contributed by atoms with Crippen LogP contribution in [0.4, 0.5) is 5.69 Å². The van der Waals surface area contributed by atoms with Crippen molar-refractivity contribution in [3.63, 3.8) is 0 Å². The van der Waals surface area contributed by atoms with Gasteiger partial charge >= 0.3 is 0 Å². The monoisotopic (exact) mass is 562 g/mol. The summed E-state index contributed by atoms with van der Waals surface area (Å²) in [5.74, 6) is -0.244. The number of fused-ring (bicyclic) bond motifs is 2. The standard InChI is InChI=1S/C32H27ClN6O2/c33-25-17-24(16-21-6-2-1-3-7-21)29-28(19-25)37-30(38-29)32(41)39(26-9-10-27-22(18-26)11-14-35-27)15-5-13-36-31(40)23-8-4-12-34-20-23/h1-4,6-12,14,17-20,35H,5,13,15-16H2,(H,36,40)(H,37,38). The van der Waals surface area contributed by atoms with Crippen molar-refractivity contribution >= 4 is 51.0 Å². The van der Waals surface area contributed by atoms with E-state index in [1.165, 1.54) is 6.20 Å². The quantitative estimate of drug-likeness (QED) is 0.184. The lowest BCUT2D eigenvalue weighted by molar-refractivity contribution is 0.0953. The molecule has 3 aromatic carbocycles. The topological polar surface area (TPSA) is 107 Å². The fourth-order valence-corrected chi connectivity index (χ4v) is 5.17. The number of halogens is 1. The van der Waals surface area contributed by atoms with Crippen LogP contribution in [0.2, 0.25) is 5.02 Å². The summed E-state index contributed by atoms with van der Waals surface area (Å²) < 4.78 is 0. The van der Waals surface area contributed by atoms with E-state index < -0.39 is 0 Å². The zero-order valence-electron chi connectivity index (χ0n) is 22.1. The Labute approximate surface area is 241 Å². The van der Waals surface area contributed by atoms with E-state index in [1.54, 1.807) is 29.3 Å². The van der Waals surface area contributed by atoms with Crippen molar-refractivity contribution in [2.75, 3.05) is 18.0 Å². The average Bonchev–Trinajstić information content (AvgIpc) is 3.65. The molecule has 0 atom stereocenters. The number of pyridine rings is 1. The summed E-state index contributed by atoms with van der Waals surface area (Å²) in [6.07, 6.45) is 6.19. The molecule has 6 rings (SSSR count). The molecular weight excluding hydrogens is 536 g/mol. The Morgan fingerprint density at radius 3 is 2.66 bits per heavy atom. The van der Waals surface area contributed by atoms with Gasteiger partial charge in [-0.25, -0.2) is 4.98 Å². The lowest BCUT2D eigenvalue weighted by Crippen LogP contribution is -2.35. The zero-order chi connectivity index (χ0) is 28.2. The predicted octanol–water partition coefficient (Wildman–Crippen LogP) is 6.15. The maximum absolute atomic E-state index is 14.0. The number of carbonyl (C=O) groups excluding carboxylic acids is 2. The molecule has 0 aliphatic carbocycles. The molecule has 0 fully saturated rings. The van der Waals surface area contributed by atoms with Crippen molar-refractivity contribution in [1.82, 2.24) is 25.3 Å². The number of amides is 2. The number of rotatable bonds is 9. The third-order valence-corrected chi connectivity index (χ3v) is 7.15. The number of carbonyl (C=O) groups is 2. The second-order valence-electron chi connectivity index (χ2n) is 9.77. The molecule has 2 amide bonds. The number of benzene rings is 3. The third kappa shape index (κ3) is 5.83. The fraction of sp³-hybridized carbons (Fsp3) is 0.125. The van der Waals surface area contributed by atoms with Crippen LogP contribution in [0.1, 0.15) is 38.5 Å². The summed E-state index contributed by atoms with van der Waals surface area (Å²) in [6, 6.07) is 25.0. The first-order valence-corrected chi connectivity index (χ1v) is 13.7. The second kappa shape index (κ2) is 11.7. The van der Waals surface area contributed by atoms with Crippen molar-refractivity contribution < 1.29 is 9.59 Å². The van der Waals surface area contributed by atoms with Crippen molar-refractivity contribution in [1.29, 1.82) is 0 Å². The molecule has 3 heterocycles. The molecule has 0 aliphatic rings. The van der Waals surface area contributed by atoms with Crippen molar-refractivity contribution in [2.24, 2.45) is 0 Å². The lowest BCUT2D eigenvalue weighted by Gasteiger charge is -2.22. The van der Waals surface area contributed by atoms with E-state index in [0.717, 1.165) is 27.7 Å². The van der Waals surface area contributed by atoms with Crippen LogP contribution in [0.3, 0.4) is 0 Å². The van der Waals surface area contributed by atoms with Gasteiger partial charge in [-0.2, -0.15) is 0 Å². The Hall–Kier alpha value is -4.95. The van der Waals surface area contributed by atoms with Crippen molar-refractivity contribution in [2.45, 2.75) is 12.8 Å². The van der Waals surface area contributed by atoms with Crippen LogP contribution >= 0.6 is 11.6 Å². The predicted molar refractivity (Wildman–Crippen MR) is 162 cm³/mol. The summed E-state index contributed by atoms with van der Waals surface area (Å²) in [7, 11) is 0. The number of nitrogens with one attached hydrogen (secondary N) is 3. The maximum Gasteiger partial charge on any atom is 0.294 e. The van der Waals surface area contributed by atoms with E-state index in [9.17, 15) is 9.59 Å². The van der Waals surface area contributed by atoms with Crippen LogP contribution in [0.25, 0.3) is 21.9 Å². The third-order valence-electron chi connectivity index (χ3n) is 6.93. The summed E-state index contributed by atoms with van der Waals surface area (Å²) >= 11 is 6.45. The van der Waals surface area contributed by atoms with Crippen molar-refractivity contribution in [3.05, 3.63) is 125 Å². The molecule has 41 heavy (non-hydrogen) atoms. The van der Waals surface area contributed by atoms with E-state index in [0.29, 0.717) is 47.6 Å². The number of imidazole rings is 1. The molecule has 9 heteroatoms. The smallest absolute Gasteiger partial charge is 0.294 e. The lowest BCUT2D eigenvalue weighted by atomic mass is 10.0. The van der Waals surface area contributed by atoms with Gasteiger partial charge in [0.15, 0.2) is 5.82 Å². The number of anilines is 1. The van der Waals surface area contributed by atoms with Crippen LogP contribution < -0.4 is 10.2 Å². The molecule has 6 aromatic rings. The van der Waals surface area contributed by atoms with Gasteiger partial charge in [0.05, 0.1) is 16.6 Å². The molecule has 0 radical (unpaired) electrons. The molecule has 3 aromatic heterocycles.